The summed E-state index contributed by atoms with van der Waals surface area (Å²) in [6, 6.07) is 0.157. The SMILES string of the molecule is C=C/C(CN)=C(\C=C)N1CCN(C(=O)Nc2cc(C(F)(F)F)cc(C(F)(F)F)c2)CC1.CC. The van der Waals surface area contributed by atoms with Gasteiger partial charge in [0.05, 0.1) is 11.1 Å². The standard InChI is InChI=1S/C20H22F6N4O.C2H6/c1-3-13(12-27)17(4-2)29-5-7-30(8-6-29)18(31)28-16-10-14(19(21,22)23)9-15(11-16)20(24,25)26;1-2/h3-4,9-11H,1-2,5-8,12,27H2,(H,28,31);1-2H3/b17-13-;. The number of piperazine rings is 1. The maximum absolute atomic E-state index is 13.0. The minimum atomic E-state index is -4.99. The molecule has 184 valence electrons. The van der Waals surface area contributed by atoms with Gasteiger partial charge in [-0.3, -0.25) is 0 Å². The zero-order chi connectivity index (χ0) is 25.4. The smallest absolute Gasteiger partial charge is 0.368 e. The Morgan fingerprint density at radius 3 is 1.76 bits per heavy atom. The van der Waals surface area contributed by atoms with E-state index in [-0.39, 0.29) is 25.7 Å². The van der Waals surface area contributed by atoms with E-state index in [4.69, 9.17) is 5.73 Å². The minimum Gasteiger partial charge on any atom is -0.368 e. The second-order valence-corrected chi connectivity index (χ2v) is 6.72. The van der Waals surface area contributed by atoms with Crippen LogP contribution >= 0.6 is 0 Å². The van der Waals surface area contributed by atoms with Gasteiger partial charge in [-0.25, -0.2) is 4.79 Å². The molecule has 0 saturated carbocycles. The van der Waals surface area contributed by atoms with E-state index in [9.17, 15) is 31.1 Å². The third-order valence-corrected chi connectivity index (χ3v) is 4.74. The Kier molecular flexibility index (Phi) is 10.0. The highest BCUT2D eigenvalue weighted by atomic mass is 19.4. The predicted octanol–water partition coefficient (Wildman–Crippen LogP) is 5.48. The van der Waals surface area contributed by atoms with E-state index in [2.05, 4.69) is 18.5 Å². The number of nitrogens with zero attached hydrogens (tertiary/aromatic N) is 2. The van der Waals surface area contributed by atoms with Gasteiger partial charge in [-0.1, -0.05) is 33.1 Å². The van der Waals surface area contributed by atoms with Gasteiger partial charge in [-0.2, -0.15) is 26.3 Å². The number of anilines is 1. The first-order valence-corrected chi connectivity index (χ1v) is 10.2. The molecule has 0 aliphatic carbocycles. The average Bonchev–Trinajstić information content (AvgIpc) is 2.77. The van der Waals surface area contributed by atoms with E-state index >= 15 is 0 Å². The molecule has 5 nitrogen and oxygen atoms in total. The molecule has 33 heavy (non-hydrogen) atoms. The summed E-state index contributed by atoms with van der Waals surface area (Å²) in [5.41, 5.74) is 3.61. The number of halogens is 6. The lowest BCUT2D eigenvalue weighted by Gasteiger charge is -2.37. The first-order chi connectivity index (χ1) is 15.4. The fraction of sp³-hybridized carbons (Fsp3) is 0.409. The molecule has 3 N–H and O–H groups in total. The van der Waals surface area contributed by atoms with Gasteiger partial charge < -0.3 is 20.9 Å². The van der Waals surface area contributed by atoms with Crippen LogP contribution in [-0.4, -0.2) is 48.6 Å². The van der Waals surface area contributed by atoms with Crippen molar-refractivity contribution in [1.82, 2.24) is 9.80 Å². The molecule has 0 unspecified atom stereocenters. The number of hydrogen-bond acceptors (Lipinski definition) is 3. The molecule has 0 radical (unpaired) electrons. The van der Waals surface area contributed by atoms with Crippen LogP contribution in [0.3, 0.4) is 0 Å². The first-order valence-electron chi connectivity index (χ1n) is 10.2. The molecule has 0 atom stereocenters. The number of urea groups is 1. The lowest BCUT2D eigenvalue weighted by atomic mass is 10.1. The highest BCUT2D eigenvalue weighted by Gasteiger charge is 2.37. The highest BCUT2D eigenvalue weighted by Crippen LogP contribution is 2.37. The third-order valence-electron chi connectivity index (χ3n) is 4.74. The van der Waals surface area contributed by atoms with Gasteiger partial charge in [0.25, 0.3) is 0 Å². The molecule has 1 aromatic rings. The number of carbonyl (C=O) groups is 1. The fourth-order valence-corrected chi connectivity index (χ4v) is 3.14. The van der Waals surface area contributed by atoms with Crippen molar-refractivity contribution in [2.75, 3.05) is 38.0 Å². The van der Waals surface area contributed by atoms with Crippen molar-refractivity contribution in [1.29, 1.82) is 0 Å². The number of alkyl halides is 6. The maximum Gasteiger partial charge on any atom is 0.416 e. The zero-order valence-corrected chi connectivity index (χ0v) is 18.5. The normalized spacial score (nSPS) is 15.2. The lowest BCUT2D eigenvalue weighted by molar-refractivity contribution is -0.143. The van der Waals surface area contributed by atoms with E-state index in [1.165, 1.54) is 4.90 Å². The summed E-state index contributed by atoms with van der Waals surface area (Å²) < 4.78 is 77.9. The fourth-order valence-electron chi connectivity index (χ4n) is 3.14. The van der Waals surface area contributed by atoms with Crippen molar-refractivity contribution in [3.05, 3.63) is 65.9 Å². The van der Waals surface area contributed by atoms with Crippen LogP contribution in [0.25, 0.3) is 0 Å². The van der Waals surface area contributed by atoms with Crippen LogP contribution in [-0.2, 0) is 12.4 Å². The number of rotatable bonds is 5. The van der Waals surface area contributed by atoms with E-state index in [1.54, 1.807) is 12.2 Å². The quantitative estimate of drug-likeness (QED) is 0.435. The molecule has 2 amide bonds. The number of benzene rings is 1. The van der Waals surface area contributed by atoms with Crippen LogP contribution < -0.4 is 11.1 Å². The van der Waals surface area contributed by atoms with Crippen LogP contribution in [0, 0.1) is 0 Å². The van der Waals surface area contributed by atoms with Crippen LogP contribution in [0.2, 0.25) is 0 Å². The summed E-state index contributed by atoms with van der Waals surface area (Å²) in [6.45, 7) is 12.8. The summed E-state index contributed by atoms with van der Waals surface area (Å²) in [7, 11) is 0. The van der Waals surface area contributed by atoms with Gasteiger partial charge in [-0.05, 0) is 29.8 Å². The molecule has 11 heteroatoms. The molecule has 0 bridgehead atoms. The molecule has 0 spiro atoms. The minimum absolute atomic E-state index is 0.00616. The molecule has 1 aromatic carbocycles. The second-order valence-electron chi connectivity index (χ2n) is 6.72. The van der Waals surface area contributed by atoms with E-state index in [0.717, 1.165) is 11.3 Å². The monoisotopic (exact) mass is 478 g/mol. The second kappa shape index (κ2) is 11.8. The summed E-state index contributed by atoms with van der Waals surface area (Å²) in [6.07, 6.45) is -6.78. The van der Waals surface area contributed by atoms with Crippen LogP contribution in [0.1, 0.15) is 25.0 Å². The summed E-state index contributed by atoms with van der Waals surface area (Å²) in [4.78, 5) is 15.7. The summed E-state index contributed by atoms with van der Waals surface area (Å²) >= 11 is 0. The third kappa shape index (κ3) is 7.55. The van der Waals surface area contributed by atoms with Gasteiger partial charge in [0.1, 0.15) is 0 Å². The Morgan fingerprint density at radius 1 is 0.939 bits per heavy atom. The van der Waals surface area contributed by atoms with Crippen LogP contribution in [0.4, 0.5) is 36.8 Å². The van der Waals surface area contributed by atoms with Crippen molar-refractivity contribution >= 4 is 11.7 Å². The highest BCUT2D eigenvalue weighted by molar-refractivity contribution is 5.89. The number of allylic oxidation sites excluding steroid dienone is 1. The largest absolute Gasteiger partial charge is 0.416 e. The Labute approximate surface area is 189 Å². The molecule has 0 aromatic heterocycles. The van der Waals surface area contributed by atoms with Crippen molar-refractivity contribution in [2.45, 2.75) is 26.2 Å². The summed E-state index contributed by atoms with van der Waals surface area (Å²) in [5, 5.41) is 2.14. The van der Waals surface area contributed by atoms with Gasteiger partial charge >= 0.3 is 18.4 Å². The molecule has 1 heterocycles. The van der Waals surface area contributed by atoms with E-state index in [0.29, 0.717) is 25.2 Å². The average molecular weight is 478 g/mol. The van der Waals surface area contributed by atoms with Crippen molar-refractivity contribution in [3.8, 4) is 0 Å². The van der Waals surface area contributed by atoms with Crippen molar-refractivity contribution < 1.29 is 31.1 Å². The van der Waals surface area contributed by atoms with Gasteiger partial charge in [-0.15, -0.1) is 0 Å². The first kappa shape index (κ1) is 28.1. The predicted molar refractivity (Wildman–Crippen MR) is 116 cm³/mol. The Bertz CT molecular complexity index is 836. The summed E-state index contributed by atoms with van der Waals surface area (Å²) in [5.74, 6) is 0. The number of nitrogens with two attached hydrogens (primary N) is 1. The van der Waals surface area contributed by atoms with Gasteiger partial charge in [0.2, 0.25) is 0 Å². The van der Waals surface area contributed by atoms with Crippen molar-refractivity contribution in [3.63, 3.8) is 0 Å². The maximum atomic E-state index is 13.0. The van der Waals surface area contributed by atoms with E-state index < -0.39 is 35.2 Å². The van der Waals surface area contributed by atoms with Crippen LogP contribution in [0.15, 0.2) is 54.8 Å². The van der Waals surface area contributed by atoms with Gasteiger partial charge in [0.15, 0.2) is 0 Å². The topological polar surface area (TPSA) is 61.6 Å². The lowest BCUT2D eigenvalue weighted by Crippen LogP contribution is -2.49. The number of hydrogen-bond donors (Lipinski definition) is 2. The van der Waals surface area contributed by atoms with Crippen LogP contribution in [0.5, 0.6) is 0 Å². The molecular weight excluding hydrogens is 450 g/mol. The Hall–Kier alpha value is -2.95. The molecule has 1 fully saturated rings. The molecule has 2 rings (SSSR count). The Morgan fingerprint density at radius 2 is 1.39 bits per heavy atom. The van der Waals surface area contributed by atoms with Crippen molar-refractivity contribution in [2.24, 2.45) is 5.73 Å². The molecule has 1 aliphatic rings. The Balaban J connectivity index is 0.00000265. The van der Waals surface area contributed by atoms with Gasteiger partial charge in [0, 0.05) is 44.1 Å². The number of amides is 2. The number of carbonyl (C=O) groups excluding carboxylic acids is 1. The molecule has 1 aliphatic heterocycles. The zero-order valence-electron chi connectivity index (χ0n) is 18.5. The van der Waals surface area contributed by atoms with E-state index in [1.807, 2.05) is 18.7 Å². The molecular formula is C22H28F6N4O. The number of nitrogens with one attached hydrogen (secondary N) is 1. The molecule has 1 saturated heterocycles.